The van der Waals surface area contributed by atoms with Crippen molar-refractivity contribution >= 4 is 28.3 Å². The van der Waals surface area contributed by atoms with E-state index in [0.717, 1.165) is 19.9 Å². The van der Waals surface area contributed by atoms with Crippen LogP contribution < -0.4 is 10.2 Å². The first kappa shape index (κ1) is 24.8. The van der Waals surface area contributed by atoms with Crippen LogP contribution in [0.5, 0.6) is 0 Å². The maximum atomic E-state index is 15.3. The molecule has 0 saturated heterocycles. The van der Waals surface area contributed by atoms with Crippen molar-refractivity contribution in [2.24, 2.45) is 0 Å². The predicted molar refractivity (Wildman–Crippen MR) is 125 cm³/mol. The first-order chi connectivity index (χ1) is 16.1. The van der Waals surface area contributed by atoms with Gasteiger partial charge in [0.05, 0.1) is 22.8 Å². The summed E-state index contributed by atoms with van der Waals surface area (Å²) in [6, 6.07) is 5.86. The molecular formula is C25H26F4N4O2. The number of benzene rings is 2. The van der Waals surface area contributed by atoms with Gasteiger partial charge in [0.1, 0.15) is 23.1 Å². The summed E-state index contributed by atoms with van der Waals surface area (Å²) >= 11 is 0. The van der Waals surface area contributed by atoms with E-state index in [1.165, 1.54) is 37.1 Å². The van der Waals surface area contributed by atoms with E-state index in [0.29, 0.717) is 22.4 Å². The van der Waals surface area contributed by atoms with Crippen LogP contribution in [-0.4, -0.2) is 33.6 Å². The summed E-state index contributed by atoms with van der Waals surface area (Å²) in [7, 11) is 1.46. The minimum Gasteiger partial charge on any atom is -0.384 e. The van der Waals surface area contributed by atoms with Crippen LogP contribution in [0.2, 0.25) is 0 Å². The minimum atomic E-state index is -3.83. The summed E-state index contributed by atoms with van der Waals surface area (Å²) in [6.45, 7) is 6.23. The van der Waals surface area contributed by atoms with E-state index in [1.807, 2.05) is 0 Å². The molecule has 0 spiro atoms. The van der Waals surface area contributed by atoms with Crippen molar-refractivity contribution in [2.75, 3.05) is 17.3 Å². The van der Waals surface area contributed by atoms with Gasteiger partial charge in [-0.25, -0.2) is 18.7 Å². The Kier molecular flexibility index (Phi) is 5.59. The third kappa shape index (κ3) is 3.80. The number of likely N-dealkylation sites (N-methyl/N-ethyl adjacent to an activating group) is 1. The number of amides is 1. The van der Waals surface area contributed by atoms with E-state index in [4.69, 9.17) is 0 Å². The largest absolute Gasteiger partial charge is 0.384 e. The maximum absolute atomic E-state index is 15.3. The van der Waals surface area contributed by atoms with Crippen LogP contribution in [0.1, 0.15) is 56.3 Å². The zero-order valence-corrected chi connectivity index (χ0v) is 20.2. The number of hydrogen-bond acceptors (Lipinski definition) is 5. The minimum absolute atomic E-state index is 0.0550. The fourth-order valence-corrected chi connectivity index (χ4v) is 4.32. The van der Waals surface area contributed by atoms with Crippen molar-refractivity contribution in [1.82, 2.24) is 9.97 Å². The van der Waals surface area contributed by atoms with Gasteiger partial charge >= 0.3 is 5.92 Å². The van der Waals surface area contributed by atoms with Gasteiger partial charge in [-0.3, -0.25) is 4.79 Å². The number of aromatic nitrogens is 2. The Morgan fingerprint density at radius 1 is 1.20 bits per heavy atom. The summed E-state index contributed by atoms with van der Waals surface area (Å²) in [6.07, 6.45) is 0. The lowest BCUT2D eigenvalue weighted by Gasteiger charge is -2.30. The highest BCUT2D eigenvalue weighted by molar-refractivity contribution is 6.09. The van der Waals surface area contributed by atoms with Crippen LogP contribution in [0.25, 0.3) is 10.9 Å². The van der Waals surface area contributed by atoms with Gasteiger partial charge in [0.2, 0.25) is 5.67 Å². The molecule has 0 bridgehead atoms. The Morgan fingerprint density at radius 2 is 1.86 bits per heavy atom. The topological polar surface area (TPSA) is 78.4 Å². The number of rotatable bonds is 5. The predicted octanol–water partition coefficient (Wildman–Crippen LogP) is 5.27. The second-order valence-electron chi connectivity index (χ2n) is 9.58. The molecule has 2 N–H and O–H groups in total. The van der Waals surface area contributed by atoms with Gasteiger partial charge in [0.25, 0.3) is 5.91 Å². The van der Waals surface area contributed by atoms with Gasteiger partial charge in [0.15, 0.2) is 0 Å². The lowest BCUT2D eigenvalue weighted by atomic mass is 9.91. The van der Waals surface area contributed by atoms with Gasteiger partial charge in [-0.1, -0.05) is 12.1 Å². The van der Waals surface area contributed by atoms with Crippen molar-refractivity contribution in [3.05, 3.63) is 58.7 Å². The SMILES string of the molecule is Cc1nc(N[C@H](C)c2cccc(C(F)(F)C(C)(C)O)c2F)c2cc3c(cc2n1)[C@](C)(F)C(=O)N3C. The second-order valence-corrected chi connectivity index (χ2v) is 9.58. The van der Waals surface area contributed by atoms with E-state index in [9.17, 15) is 18.7 Å². The summed E-state index contributed by atoms with van der Waals surface area (Å²) < 4.78 is 59.8. The molecule has 1 amide bonds. The standard InChI is InChI=1S/C25H26F4N4O2/c1-12(14-8-7-9-16(20(14)26)25(28,29)23(3,4)35)30-21-15-10-19-17(11-18(15)31-13(2)32-21)24(5,27)22(34)33(19)6/h7-12,35H,1-6H3,(H,30,31,32)/t12-,24+/m1/s1. The molecule has 35 heavy (non-hydrogen) atoms. The number of nitrogens with one attached hydrogen (secondary N) is 1. The summed E-state index contributed by atoms with van der Waals surface area (Å²) in [4.78, 5) is 22.3. The van der Waals surface area contributed by atoms with Crippen LogP contribution >= 0.6 is 0 Å². The Morgan fingerprint density at radius 3 is 2.49 bits per heavy atom. The third-order valence-corrected chi connectivity index (χ3v) is 6.45. The number of aliphatic hydroxyl groups is 1. The zero-order chi connectivity index (χ0) is 26.1. The molecule has 0 aliphatic carbocycles. The van der Waals surface area contributed by atoms with Crippen molar-refractivity contribution in [1.29, 1.82) is 0 Å². The molecule has 3 aromatic rings. The molecule has 2 heterocycles. The zero-order valence-electron chi connectivity index (χ0n) is 20.2. The second kappa shape index (κ2) is 7.87. The normalized spacial score (nSPS) is 19.3. The molecule has 6 nitrogen and oxygen atoms in total. The molecule has 1 aromatic heterocycles. The molecular weight excluding hydrogens is 464 g/mol. The van der Waals surface area contributed by atoms with E-state index in [-0.39, 0.29) is 16.9 Å². The van der Waals surface area contributed by atoms with Crippen LogP contribution in [0.4, 0.5) is 29.1 Å². The van der Waals surface area contributed by atoms with Crippen molar-refractivity contribution in [2.45, 2.75) is 57.9 Å². The fourth-order valence-electron chi connectivity index (χ4n) is 4.32. The molecule has 186 valence electrons. The average molecular weight is 491 g/mol. The molecule has 0 radical (unpaired) electrons. The molecule has 0 saturated carbocycles. The molecule has 10 heteroatoms. The Balaban J connectivity index is 1.79. The smallest absolute Gasteiger partial charge is 0.303 e. The number of hydrogen-bond donors (Lipinski definition) is 2. The fraction of sp³-hybridized carbons (Fsp3) is 0.400. The number of carbonyl (C=O) groups excluding carboxylic acids is 1. The molecule has 2 atom stereocenters. The van der Waals surface area contributed by atoms with Crippen LogP contribution in [0.3, 0.4) is 0 Å². The Hall–Kier alpha value is -3.27. The monoisotopic (exact) mass is 490 g/mol. The number of aryl methyl sites for hydroxylation is 1. The number of fused-ring (bicyclic) bond motifs is 2. The number of halogens is 4. The van der Waals surface area contributed by atoms with Crippen LogP contribution in [-0.2, 0) is 16.4 Å². The first-order valence-electron chi connectivity index (χ1n) is 11.0. The lowest BCUT2D eigenvalue weighted by molar-refractivity contribution is -0.170. The lowest BCUT2D eigenvalue weighted by Crippen LogP contribution is -2.41. The molecule has 1 aliphatic heterocycles. The van der Waals surface area contributed by atoms with Gasteiger partial charge in [-0.2, -0.15) is 8.78 Å². The van der Waals surface area contributed by atoms with Crippen LogP contribution in [0.15, 0.2) is 30.3 Å². The van der Waals surface area contributed by atoms with Crippen molar-refractivity contribution in [3.63, 3.8) is 0 Å². The van der Waals surface area contributed by atoms with E-state index >= 15 is 8.78 Å². The summed E-state index contributed by atoms with van der Waals surface area (Å²) in [5.74, 6) is -5.07. The number of carbonyl (C=O) groups is 1. The molecule has 0 fully saturated rings. The molecule has 0 unspecified atom stereocenters. The van der Waals surface area contributed by atoms with E-state index in [2.05, 4.69) is 15.3 Å². The summed E-state index contributed by atoms with van der Waals surface area (Å²) in [5, 5.41) is 13.4. The third-order valence-electron chi connectivity index (χ3n) is 6.45. The summed E-state index contributed by atoms with van der Waals surface area (Å²) in [5.41, 5.74) is -4.73. The molecule has 1 aliphatic rings. The number of nitrogens with zero attached hydrogens (tertiary/aromatic N) is 3. The highest BCUT2D eigenvalue weighted by Gasteiger charge is 2.49. The van der Waals surface area contributed by atoms with Crippen LogP contribution in [0, 0.1) is 12.7 Å². The molecule has 4 rings (SSSR count). The van der Waals surface area contributed by atoms with Gasteiger partial charge in [-0.15, -0.1) is 0 Å². The Bertz CT molecular complexity index is 1350. The van der Waals surface area contributed by atoms with E-state index in [1.54, 1.807) is 19.9 Å². The first-order valence-corrected chi connectivity index (χ1v) is 11.0. The maximum Gasteiger partial charge on any atom is 0.303 e. The highest BCUT2D eigenvalue weighted by atomic mass is 19.3. The van der Waals surface area contributed by atoms with Crippen molar-refractivity contribution < 1.29 is 27.5 Å². The van der Waals surface area contributed by atoms with Gasteiger partial charge < -0.3 is 15.3 Å². The molecule has 2 aromatic carbocycles. The quantitative estimate of drug-likeness (QED) is 0.476. The number of anilines is 2. The average Bonchev–Trinajstić information content (AvgIpc) is 2.91. The van der Waals surface area contributed by atoms with E-state index < -0.39 is 40.5 Å². The Labute approximate surface area is 200 Å². The highest BCUT2D eigenvalue weighted by Crippen LogP contribution is 2.45. The van der Waals surface area contributed by atoms with Gasteiger partial charge in [0, 0.05) is 23.6 Å². The van der Waals surface area contributed by atoms with Crippen molar-refractivity contribution in [3.8, 4) is 0 Å². The number of alkyl halides is 3. The van der Waals surface area contributed by atoms with Gasteiger partial charge in [-0.05, 0) is 52.8 Å².